The van der Waals surface area contributed by atoms with Gasteiger partial charge in [0.05, 0.1) is 6.17 Å². The molecule has 0 aromatic heterocycles. The summed E-state index contributed by atoms with van der Waals surface area (Å²) in [4.78, 5) is 14.8. The highest BCUT2D eigenvalue weighted by molar-refractivity contribution is 5.85. The summed E-state index contributed by atoms with van der Waals surface area (Å²) in [6.45, 7) is 7.42. The van der Waals surface area contributed by atoms with E-state index in [0.29, 0.717) is 5.92 Å². The molecule has 1 aromatic carbocycles. The number of nitrogens with zero attached hydrogens (tertiary/aromatic N) is 1. The Hall–Kier alpha value is -1.35. The van der Waals surface area contributed by atoms with Crippen molar-refractivity contribution < 1.29 is 4.79 Å². The van der Waals surface area contributed by atoms with Gasteiger partial charge in [0.2, 0.25) is 5.91 Å². The standard InChI is InChI=1S/C17H26N2O/c1-4-9-15-18-16(14-10-7-6-8-11-14)17(20)19(15)12-13(3)5-2/h6-8,10-11,13,15-16,18H,4-5,9,12H2,1-3H3. The van der Waals surface area contributed by atoms with Crippen molar-refractivity contribution in [3.05, 3.63) is 35.9 Å². The quantitative estimate of drug-likeness (QED) is 0.863. The summed E-state index contributed by atoms with van der Waals surface area (Å²) >= 11 is 0. The number of carbonyl (C=O) groups excluding carboxylic acids is 1. The summed E-state index contributed by atoms with van der Waals surface area (Å²) in [5.41, 5.74) is 1.07. The van der Waals surface area contributed by atoms with E-state index in [-0.39, 0.29) is 18.1 Å². The maximum Gasteiger partial charge on any atom is 0.245 e. The van der Waals surface area contributed by atoms with E-state index in [2.05, 4.69) is 31.0 Å². The van der Waals surface area contributed by atoms with Gasteiger partial charge in [0.15, 0.2) is 0 Å². The van der Waals surface area contributed by atoms with E-state index in [9.17, 15) is 4.79 Å². The maximum atomic E-state index is 12.7. The Kier molecular flexibility index (Phi) is 5.18. The second kappa shape index (κ2) is 6.89. The minimum atomic E-state index is -0.170. The van der Waals surface area contributed by atoms with E-state index >= 15 is 0 Å². The van der Waals surface area contributed by atoms with Crippen molar-refractivity contribution >= 4 is 5.91 Å². The third kappa shape index (κ3) is 3.21. The molecule has 1 saturated heterocycles. The van der Waals surface area contributed by atoms with Crippen molar-refractivity contribution in [3.63, 3.8) is 0 Å². The molecule has 1 aromatic rings. The molecule has 1 fully saturated rings. The number of carbonyl (C=O) groups is 1. The van der Waals surface area contributed by atoms with Gasteiger partial charge >= 0.3 is 0 Å². The number of benzene rings is 1. The molecule has 0 saturated carbocycles. The molecule has 1 amide bonds. The van der Waals surface area contributed by atoms with Gasteiger partial charge in [-0.15, -0.1) is 0 Å². The van der Waals surface area contributed by atoms with E-state index in [0.717, 1.165) is 31.4 Å². The van der Waals surface area contributed by atoms with Gasteiger partial charge in [-0.2, -0.15) is 0 Å². The number of hydrogen-bond donors (Lipinski definition) is 1. The van der Waals surface area contributed by atoms with E-state index in [4.69, 9.17) is 0 Å². The number of rotatable bonds is 6. The van der Waals surface area contributed by atoms with E-state index in [1.54, 1.807) is 0 Å². The lowest BCUT2D eigenvalue weighted by atomic mass is 10.1. The van der Waals surface area contributed by atoms with Gasteiger partial charge in [0, 0.05) is 6.54 Å². The molecule has 1 aliphatic rings. The van der Waals surface area contributed by atoms with Crippen LogP contribution in [0.1, 0.15) is 51.6 Å². The predicted octanol–water partition coefficient (Wildman–Crippen LogP) is 3.33. The van der Waals surface area contributed by atoms with Crippen molar-refractivity contribution in [1.29, 1.82) is 0 Å². The monoisotopic (exact) mass is 274 g/mol. The summed E-state index contributed by atoms with van der Waals surface area (Å²) < 4.78 is 0. The van der Waals surface area contributed by atoms with Crippen LogP contribution < -0.4 is 5.32 Å². The van der Waals surface area contributed by atoms with Gasteiger partial charge in [-0.05, 0) is 17.9 Å². The summed E-state index contributed by atoms with van der Waals surface area (Å²) in [6.07, 6.45) is 3.40. The Morgan fingerprint density at radius 3 is 2.55 bits per heavy atom. The summed E-state index contributed by atoms with van der Waals surface area (Å²) in [6, 6.07) is 9.88. The average Bonchev–Trinajstić information content (AvgIpc) is 2.77. The SMILES string of the molecule is CCCC1NC(c2ccccc2)C(=O)N1CC(C)CC. The Labute approximate surface area is 122 Å². The Morgan fingerprint density at radius 2 is 1.95 bits per heavy atom. The third-order valence-corrected chi connectivity index (χ3v) is 4.17. The molecule has 3 atom stereocenters. The summed E-state index contributed by atoms with van der Waals surface area (Å²) in [5.74, 6) is 0.782. The van der Waals surface area contributed by atoms with Crippen LogP contribution in [0.15, 0.2) is 30.3 Å². The lowest BCUT2D eigenvalue weighted by molar-refractivity contribution is -0.130. The fourth-order valence-electron chi connectivity index (χ4n) is 2.75. The van der Waals surface area contributed by atoms with Gasteiger partial charge in [-0.25, -0.2) is 0 Å². The van der Waals surface area contributed by atoms with Crippen LogP contribution in [-0.4, -0.2) is 23.5 Å². The van der Waals surface area contributed by atoms with E-state index in [1.807, 2.05) is 30.3 Å². The zero-order chi connectivity index (χ0) is 14.5. The Bertz CT molecular complexity index is 432. The number of nitrogens with one attached hydrogen (secondary N) is 1. The lowest BCUT2D eigenvalue weighted by Gasteiger charge is -2.26. The third-order valence-electron chi connectivity index (χ3n) is 4.17. The Morgan fingerprint density at radius 1 is 1.25 bits per heavy atom. The molecule has 0 aliphatic carbocycles. The zero-order valence-corrected chi connectivity index (χ0v) is 12.8. The summed E-state index contributed by atoms with van der Waals surface area (Å²) in [7, 11) is 0. The highest BCUT2D eigenvalue weighted by Gasteiger charge is 2.39. The first-order valence-corrected chi connectivity index (χ1v) is 7.78. The normalized spacial score (nSPS) is 24.1. The number of hydrogen-bond acceptors (Lipinski definition) is 2. The first-order chi connectivity index (χ1) is 9.67. The van der Waals surface area contributed by atoms with Gasteiger partial charge < -0.3 is 4.90 Å². The van der Waals surface area contributed by atoms with Gasteiger partial charge in [0.25, 0.3) is 0 Å². The van der Waals surface area contributed by atoms with Gasteiger partial charge in [-0.3, -0.25) is 10.1 Å². The summed E-state index contributed by atoms with van der Waals surface area (Å²) in [5, 5.41) is 3.51. The Balaban J connectivity index is 2.16. The van der Waals surface area contributed by atoms with Crippen LogP contribution in [0.3, 0.4) is 0 Å². The van der Waals surface area contributed by atoms with Crippen molar-refractivity contribution in [2.24, 2.45) is 5.92 Å². The molecule has 0 bridgehead atoms. The van der Waals surface area contributed by atoms with Crippen molar-refractivity contribution in [1.82, 2.24) is 10.2 Å². The molecule has 3 unspecified atom stereocenters. The van der Waals surface area contributed by atoms with Crippen LogP contribution in [0.5, 0.6) is 0 Å². The largest absolute Gasteiger partial charge is 0.325 e. The minimum absolute atomic E-state index is 0.170. The minimum Gasteiger partial charge on any atom is -0.325 e. The van der Waals surface area contributed by atoms with Gasteiger partial charge in [0.1, 0.15) is 6.04 Å². The van der Waals surface area contributed by atoms with Gasteiger partial charge in [-0.1, -0.05) is 63.9 Å². The molecule has 20 heavy (non-hydrogen) atoms. The highest BCUT2D eigenvalue weighted by Crippen LogP contribution is 2.27. The van der Waals surface area contributed by atoms with Crippen LogP contribution in [0.25, 0.3) is 0 Å². The molecule has 3 nitrogen and oxygen atoms in total. The average molecular weight is 274 g/mol. The topological polar surface area (TPSA) is 32.3 Å². The molecular formula is C17H26N2O. The van der Waals surface area contributed by atoms with E-state index in [1.165, 1.54) is 0 Å². The van der Waals surface area contributed by atoms with Crippen molar-refractivity contribution in [2.45, 2.75) is 52.2 Å². The van der Waals surface area contributed by atoms with Crippen LogP contribution >= 0.6 is 0 Å². The molecular weight excluding hydrogens is 248 g/mol. The van der Waals surface area contributed by atoms with E-state index < -0.39 is 0 Å². The molecule has 1 N–H and O–H groups in total. The fourth-order valence-corrected chi connectivity index (χ4v) is 2.75. The fraction of sp³-hybridized carbons (Fsp3) is 0.588. The smallest absolute Gasteiger partial charge is 0.245 e. The maximum absolute atomic E-state index is 12.7. The molecule has 3 heteroatoms. The zero-order valence-electron chi connectivity index (χ0n) is 12.8. The van der Waals surface area contributed by atoms with Crippen LogP contribution in [-0.2, 0) is 4.79 Å². The lowest BCUT2D eigenvalue weighted by Crippen LogP contribution is -2.39. The second-order valence-electron chi connectivity index (χ2n) is 5.82. The molecule has 110 valence electrons. The highest BCUT2D eigenvalue weighted by atomic mass is 16.2. The molecule has 2 rings (SSSR count). The first-order valence-electron chi connectivity index (χ1n) is 7.78. The second-order valence-corrected chi connectivity index (χ2v) is 5.82. The van der Waals surface area contributed by atoms with Crippen LogP contribution in [0.2, 0.25) is 0 Å². The number of amides is 1. The molecule has 0 radical (unpaired) electrons. The molecule has 1 aliphatic heterocycles. The predicted molar refractivity (Wildman–Crippen MR) is 82.2 cm³/mol. The van der Waals surface area contributed by atoms with Crippen LogP contribution in [0.4, 0.5) is 0 Å². The van der Waals surface area contributed by atoms with Crippen LogP contribution in [0, 0.1) is 5.92 Å². The molecule has 1 heterocycles. The van der Waals surface area contributed by atoms with Crippen molar-refractivity contribution in [2.75, 3.05) is 6.54 Å². The molecule has 0 spiro atoms. The van der Waals surface area contributed by atoms with Crippen molar-refractivity contribution in [3.8, 4) is 0 Å². The first kappa shape index (κ1) is 15.0.